The number of rotatable bonds is 8. The third kappa shape index (κ3) is 4.45. The molecular weight excluding hydrogens is 429 g/mol. The average Bonchev–Trinajstić information content (AvgIpc) is 3.15. The maximum atomic E-state index is 11.2. The second-order valence-electron chi connectivity index (χ2n) is 7.32. The van der Waals surface area contributed by atoms with Gasteiger partial charge >= 0.3 is 7.60 Å². The topological polar surface area (TPSA) is 146 Å². The van der Waals surface area contributed by atoms with Crippen LogP contribution in [0.5, 0.6) is 5.75 Å². The van der Waals surface area contributed by atoms with E-state index in [1.807, 2.05) is 31.2 Å². The second kappa shape index (κ2) is 7.82. The number of imidazole rings is 1. The number of methoxy groups -OCH3 is 1. The number of fused-ring (bicyclic) bond motifs is 1. The van der Waals surface area contributed by atoms with E-state index >= 15 is 0 Å². The van der Waals surface area contributed by atoms with Gasteiger partial charge in [0, 0.05) is 4.90 Å². The lowest BCUT2D eigenvalue weighted by molar-refractivity contribution is 0.0306. The largest absolute Gasteiger partial charge is 0.497 e. The van der Waals surface area contributed by atoms with Gasteiger partial charge in [-0.2, -0.15) is 4.98 Å². The van der Waals surface area contributed by atoms with Crippen LogP contribution in [0.4, 0.5) is 5.95 Å². The molecule has 3 aromatic rings. The van der Waals surface area contributed by atoms with Gasteiger partial charge in [0.25, 0.3) is 0 Å². The molecule has 1 fully saturated rings. The zero-order valence-electron chi connectivity index (χ0n) is 16.4. The summed E-state index contributed by atoms with van der Waals surface area (Å²) in [6, 6.07) is 7.56. The summed E-state index contributed by atoms with van der Waals surface area (Å²) in [4.78, 5) is 32.4. The van der Waals surface area contributed by atoms with Crippen LogP contribution in [0, 0.1) is 5.92 Å². The van der Waals surface area contributed by atoms with Gasteiger partial charge in [-0.3, -0.25) is 4.57 Å². The summed E-state index contributed by atoms with van der Waals surface area (Å²) in [5, 5.41) is 0.621. The van der Waals surface area contributed by atoms with E-state index in [2.05, 4.69) is 15.0 Å². The third-order valence-corrected chi connectivity index (χ3v) is 6.52. The quantitative estimate of drug-likeness (QED) is 0.345. The van der Waals surface area contributed by atoms with E-state index in [-0.39, 0.29) is 11.9 Å². The SMILES string of the molecule is COc1ccc(Sc2nc(N)nc3c2ncn3CC2(OCP(=O)(O)O)CC2C)cc1. The highest BCUT2D eigenvalue weighted by Crippen LogP contribution is 2.51. The zero-order valence-corrected chi connectivity index (χ0v) is 18.1. The normalized spacial score (nSPS) is 21.1. The molecule has 4 N–H and O–H groups in total. The molecule has 2 aromatic heterocycles. The van der Waals surface area contributed by atoms with Crippen LogP contribution in [0.2, 0.25) is 0 Å². The van der Waals surface area contributed by atoms with Gasteiger partial charge in [0.1, 0.15) is 22.6 Å². The maximum absolute atomic E-state index is 11.2. The molecule has 1 aromatic carbocycles. The van der Waals surface area contributed by atoms with Crippen molar-refractivity contribution < 1.29 is 23.8 Å². The first-order valence-electron chi connectivity index (χ1n) is 9.18. The molecule has 10 nitrogen and oxygen atoms in total. The predicted octanol–water partition coefficient (Wildman–Crippen LogP) is 2.50. The van der Waals surface area contributed by atoms with Crippen molar-refractivity contribution in [1.29, 1.82) is 0 Å². The molecule has 1 aliphatic rings. The number of aromatic nitrogens is 4. The first-order chi connectivity index (χ1) is 14.2. The van der Waals surface area contributed by atoms with Crippen LogP contribution in [0.25, 0.3) is 11.2 Å². The van der Waals surface area contributed by atoms with Gasteiger partial charge in [0.2, 0.25) is 5.95 Å². The maximum Gasteiger partial charge on any atom is 0.351 e. The molecule has 2 unspecified atom stereocenters. The molecular formula is C18H22N5O5PS. The van der Waals surface area contributed by atoms with Gasteiger partial charge in [0.15, 0.2) is 5.65 Å². The van der Waals surface area contributed by atoms with Crippen LogP contribution in [0.3, 0.4) is 0 Å². The van der Waals surface area contributed by atoms with Crippen molar-refractivity contribution in [3.63, 3.8) is 0 Å². The lowest BCUT2D eigenvalue weighted by Gasteiger charge is -2.19. The highest BCUT2D eigenvalue weighted by atomic mass is 32.2. The van der Waals surface area contributed by atoms with E-state index in [4.69, 9.17) is 25.0 Å². The molecule has 0 spiro atoms. The third-order valence-electron chi connectivity index (χ3n) is 5.07. The molecule has 0 saturated heterocycles. The first-order valence-corrected chi connectivity index (χ1v) is 11.8. The van der Waals surface area contributed by atoms with E-state index in [1.54, 1.807) is 18.0 Å². The number of nitrogen functional groups attached to an aromatic ring is 1. The van der Waals surface area contributed by atoms with Crippen molar-refractivity contribution >= 4 is 36.5 Å². The summed E-state index contributed by atoms with van der Waals surface area (Å²) in [5.41, 5.74) is 6.44. The van der Waals surface area contributed by atoms with Crippen molar-refractivity contribution in [2.24, 2.45) is 5.92 Å². The Balaban J connectivity index is 1.61. The lowest BCUT2D eigenvalue weighted by atomic mass is 10.2. The van der Waals surface area contributed by atoms with E-state index < -0.39 is 19.5 Å². The van der Waals surface area contributed by atoms with Crippen molar-refractivity contribution in [2.75, 3.05) is 19.2 Å². The van der Waals surface area contributed by atoms with Gasteiger partial charge in [0.05, 0.1) is 25.6 Å². The monoisotopic (exact) mass is 451 g/mol. The summed E-state index contributed by atoms with van der Waals surface area (Å²) in [7, 11) is -2.64. The fourth-order valence-corrected chi connectivity index (χ4v) is 4.60. The Labute approximate surface area is 177 Å². The van der Waals surface area contributed by atoms with Gasteiger partial charge < -0.3 is 29.6 Å². The molecule has 0 bridgehead atoms. The van der Waals surface area contributed by atoms with Crippen LogP contribution >= 0.6 is 19.4 Å². The Kier molecular flexibility index (Phi) is 5.50. The first kappa shape index (κ1) is 21.1. The van der Waals surface area contributed by atoms with Crippen LogP contribution in [-0.2, 0) is 15.8 Å². The molecule has 160 valence electrons. The summed E-state index contributed by atoms with van der Waals surface area (Å²) < 4.78 is 23.8. The number of hydrogen-bond acceptors (Lipinski definition) is 8. The molecule has 0 amide bonds. The van der Waals surface area contributed by atoms with E-state index in [1.165, 1.54) is 11.8 Å². The Morgan fingerprint density at radius 1 is 1.33 bits per heavy atom. The van der Waals surface area contributed by atoms with Gasteiger partial charge in [-0.1, -0.05) is 18.7 Å². The smallest absolute Gasteiger partial charge is 0.351 e. The molecule has 30 heavy (non-hydrogen) atoms. The fourth-order valence-electron chi connectivity index (χ4n) is 3.30. The summed E-state index contributed by atoms with van der Waals surface area (Å²) in [6.45, 7) is 2.35. The minimum absolute atomic E-state index is 0.120. The second-order valence-corrected chi connectivity index (χ2v) is 9.97. The average molecular weight is 451 g/mol. The predicted molar refractivity (Wildman–Crippen MR) is 111 cm³/mol. The number of anilines is 1. The highest BCUT2D eigenvalue weighted by molar-refractivity contribution is 7.99. The summed E-state index contributed by atoms with van der Waals surface area (Å²) >= 11 is 1.41. The molecule has 1 saturated carbocycles. The van der Waals surface area contributed by atoms with Crippen LogP contribution < -0.4 is 10.5 Å². The van der Waals surface area contributed by atoms with Gasteiger partial charge in [-0.05, 0) is 36.6 Å². The molecule has 2 atom stereocenters. The van der Waals surface area contributed by atoms with Crippen molar-refractivity contribution in [3.05, 3.63) is 30.6 Å². The fraction of sp³-hybridized carbons (Fsp3) is 0.389. The number of nitrogens with two attached hydrogens (primary N) is 1. The van der Waals surface area contributed by atoms with Crippen LogP contribution in [0.1, 0.15) is 13.3 Å². The van der Waals surface area contributed by atoms with E-state index in [0.29, 0.717) is 29.2 Å². The van der Waals surface area contributed by atoms with Gasteiger partial charge in [-0.25, -0.2) is 9.97 Å². The van der Waals surface area contributed by atoms with Crippen molar-refractivity contribution in [1.82, 2.24) is 19.5 Å². The number of benzene rings is 1. The minimum Gasteiger partial charge on any atom is -0.497 e. The molecule has 1 aliphatic carbocycles. The molecule has 0 radical (unpaired) electrons. The van der Waals surface area contributed by atoms with E-state index in [9.17, 15) is 4.57 Å². The molecule has 2 heterocycles. The van der Waals surface area contributed by atoms with Crippen molar-refractivity contribution in [3.8, 4) is 5.75 Å². The standard InChI is InChI=1S/C18H22N5O5PS/c1-11-7-18(11,28-10-29(24,25)26)8-23-9-20-14-15(23)21-17(19)22-16(14)30-13-5-3-12(27-2)4-6-13/h3-6,9,11H,7-8,10H2,1-2H3,(H2,19,21,22)(H2,24,25,26). The van der Waals surface area contributed by atoms with E-state index in [0.717, 1.165) is 10.6 Å². The van der Waals surface area contributed by atoms with Crippen LogP contribution in [-0.4, -0.2) is 48.4 Å². The zero-order chi connectivity index (χ0) is 21.5. The summed E-state index contributed by atoms with van der Waals surface area (Å²) in [6.07, 6.45) is 1.71. The van der Waals surface area contributed by atoms with Crippen molar-refractivity contribution in [2.45, 2.75) is 35.4 Å². The number of ether oxygens (including phenoxy) is 2. The Morgan fingerprint density at radius 3 is 2.63 bits per heavy atom. The molecule has 0 aliphatic heterocycles. The number of hydrogen-bond donors (Lipinski definition) is 3. The Morgan fingerprint density at radius 2 is 2.03 bits per heavy atom. The molecule has 4 rings (SSSR count). The Bertz CT molecular complexity index is 1120. The van der Waals surface area contributed by atoms with Crippen LogP contribution in [0.15, 0.2) is 40.5 Å². The van der Waals surface area contributed by atoms with Gasteiger partial charge in [-0.15, -0.1) is 0 Å². The Hall–Kier alpha value is -2.17. The molecule has 12 heteroatoms. The number of nitrogens with zero attached hydrogens (tertiary/aromatic N) is 4. The highest BCUT2D eigenvalue weighted by Gasteiger charge is 2.53. The lowest BCUT2D eigenvalue weighted by Crippen LogP contribution is -2.24. The minimum atomic E-state index is -4.25. The summed E-state index contributed by atoms with van der Waals surface area (Å²) in [5.74, 6) is 1.04.